The van der Waals surface area contributed by atoms with Gasteiger partial charge in [0, 0.05) is 25.2 Å². The lowest BCUT2D eigenvalue weighted by molar-refractivity contribution is 0.420. The Balaban J connectivity index is 1.59. The smallest absolute Gasteiger partial charge is 0.151 e. The number of nitrogens with one attached hydrogen (secondary N) is 1. The first-order chi connectivity index (χ1) is 9.99. The van der Waals surface area contributed by atoms with Gasteiger partial charge in [-0.15, -0.1) is 5.10 Å². The van der Waals surface area contributed by atoms with Crippen molar-refractivity contribution in [2.75, 3.05) is 18.0 Å². The van der Waals surface area contributed by atoms with E-state index < -0.39 is 0 Å². The summed E-state index contributed by atoms with van der Waals surface area (Å²) < 4.78 is 0. The van der Waals surface area contributed by atoms with Crippen molar-refractivity contribution in [2.24, 2.45) is 11.8 Å². The van der Waals surface area contributed by atoms with Crippen LogP contribution in [0.3, 0.4) is 0 Å². The van der Waals surface area contributed by atoms with Crippen LogP contribution >= 0.6 is 0 Å². The van der Waals surface area contributed by atoms with Crippen LogP contribution in [0.4, 0.5) is 5.82 Å². The molecule has 3 rings (SSSR count). The largest absolute Gasteiger partial charge is 0.355 e. The Morgan fingerprint density at radius 1 is 1.05 bits per heavy atom. The van der Waals surface area contributed by atoms with Gasteiger partial charge in [0.15, 0.2) is 5.82 Å². The topological polar surface area (TPSA) is 41.0 Å². The number of hydrogen-bond donors (Lipinski definition) is 1. The maximum absolute atomic E-state index is 4.48. The SMILES string of the molecule is CC(C)(C)NCc1ccc(N(CC2CC2)CC2CC2)nn1. The molecule has 0 unspecified atom stereocenters. The maximum atomic E-state index is 4.48. The molecular weight excluding hydrogens is 260 g/mol. The van der Waals surface area contributed by atoms with E-state index in [-0.39, 0.29) is 5.54 Å². The fraction of sp³-hybridized carbons (Fsp3) is 0.765. The van der Waals surface area contributed by atoms with E-state index in [1.807, 2.05) is 0 Å². The molecule has 0 aliphatic heterocycles. The van der Waals surface area contributed by atoms with Crippen molar-refractivity contribution in [2.45, 2.75) is 58.5 Å². The van der Waals surface area contributed by atoms with Crippen molar-refractivity contribution in [3.05, 3.63) is 17.8 Å². The Bertz CT molecular complexity index is 441. The average molecular weight is 288 g/mol. The van der Waals surface area contributed by atoms with E-state index >= 15 is 0 Å². The van der Waals surface area contributed by atoms with Crippen LogP contribution in [0.15, 0.2) is 12.1 Å². The minimum Gasteiger partial charge on any atom is -0.355 e. The summed E-state index contributed by atoms with van der Waals surface area (Å²) in [6.45, 7) is 9.63. The maximum Gasteiger partial charge on any atom is 0.151 e. The van der Waals surface area contributed by atoms with E-state index in [0.717, 1.165) is 29.9 Å². The highest BCUT2D eigenvalue weighted by Crippen LogP contribution is 2.35. The van der Waals surface area contributed by atoms with Crippen molar-refractivity contribution in [1.82, 2.24) is 15.5 Å². The Hall–Kier alpha value is -1.16. The number of anilines is 1. The Morgan fingerprint density at radius 3 is 2.10 bits per heavy atom. The molecule has 1 aromatic rings. The molecule has 2 aliphatic carbocycles. The molecule has 0 amide bonds. The van der Waals surface area contributed by atoms with Crippen LogP contribution in [0.2, 0.25) is 0 Å². The molecule has 2 saturated carbocycles. The standard InChI is InChI=1S/C17H28N4/c1-17(2,3)18-10-15-8-9-16(20-19-15)21(11-13-4-5-13)12-14-6-7-14/h8-9,13-14,18H,4-7,10-12H2,1-3H3. The van der Waals surface area contributed by atoms with Crippen LogP contribution < -0.4 is 10.2 Å². The second-order valence-corrected chi connectivity index (χ2v) is 7.78. The van der Waals surface area contributed by atoms with Gasteiger partial charge in [-0.1, -0.05) is 0 Å². The van der Waals surface area contributed by atoms with E-state index in [1.165, 1.54) is 38.8 Å². The van der Waals surface area contributed by atoms with Crippen LogP contribution in [0.25, 0.3) is 0 Å². The third kappa shape index (κ3) is 4.95. The van der Waals surface area contributed by atoms with Crippen LogP contribution in [-0.4, -0.2) is 28.8 Å². The molecule has 21 heavy (non-hydrogen) atoms. The highest BCUT2D eigenvalue weighted by atomic mass is 15.3. The van der Waals surface area contributed by atoms with Gasteiger partial charge in [-0.2, -0.15) is 5.10 Å². The minimum atomic E-state index is 0.115. The molecule has 4 nitrogen and oxygen atoms in total. The molecule has 2 fully saturated rings. The van der Waals surface area contributed by atoms with Crippen molar-refractivity contribution < 1.29 is 0 Å². The summed E-state index contributed by atoms with van der Waals surface area (Å²) in [6.07, 6.45) is 5.56. The Morgan fingerprint density at radius 2 is 1.67 bits per heavy atom. The van der Waals surface area contributed by atoms with Gasteiger partial charge >= 0.3 is 0 Å². The van der Waals surface area contributed by atoms with E-state index in [2.05, 4.69) is 53.3 Å². The summed E-state index contributed by atoms with van der Waals surface area (Å²) in [5.74, 6) is 2.86. The summed E-state index contributed by atoms with van der Waals surface area (Å²) in [6, 6.07) is 4.27. The van der Waals surface area contributed by atoms with Crippen LogP contribution in [0, 0.1) is 11.8 Å². The second kappa shape index (κ2) is 5.91. The average Bonchev–Trinajstić information content (AvgIpc) is 3.31. The molecular formula is C17H28N4. The van der Waals surface area contributed by atoms with E-state index in [9.17, 15) is 0 Å². The number of hydrogen-bond acceptors (Lipinski definition) is 4. The van der Waals surface area contributed by atoms with E-state index in [0.29, 0.717) is 0 Å². The van der Waals surface area contributed by atoms with Crippen molar-refractivity contribution in [3.63, 3.8) is 0 Å². The molecule has 0 saturated heterocycles. The van der Waals surface area contributed by atoms with Gasteiger partial charge in [0.2, 0.25) is 0 Å². The number of nitrogens with zero attached hydrogens (tertiary/aromatic N) is 3. The fourth-order valence-corrected chi connectivity index (χ4v) is 2.46. The lowest BCUT2D eigenvalue weighted by atomic mass is 10.1. The molecule has 0 radical (unpaired) electrons. The normalized spacial score (nSPS) is 18.8. The first-order valence-corrected chi connectivity index (χ1v) is 8.32. The van der Waals surface area contributed by atoms with Gasteiger partial charge in [-0.25, -0.2) is 0 Å². The summed E-state index contributed by atoms with van der Waals surface area (Å²) in [4.78, 5) is 2.46. The Labute approximate surface area is 128 Å². The molecule has 116 valence electrons. The molecule has 0 aromatic carbocycles. The van der Waals surface area contributed by atoms with Gasteiger partial charge in [0.05, 0.1) is 5.69 Å². The fourth-order valence-electron chi connectivity index (χ4n) is 2.46. The summed E-state index contributed by atoms with van der Waals surface area (Å²) in [5, 5.41) is 12.3. The van der Waals surface area contributed by atoms with Crippen LogP contribution in [0.5, 0.6) is 0 Å². The number of rotatable bonds is 7. The molecule has 1 heterocycles. The lowest BCUT2D eigenvalue weighted by Crippen LogP contribution is -2.35. The number of aromatic nitrogens is 2. The van der Waals surface area contributed by atoms with Gasteiger partial charge < -0.3 is 10.2 Å². The van der Waals surface area contributed by atoms with Crippen molar-refractivity contribution >= 4 is 5.82 Å². The predicted octanol–water partition coefficient (Wildman–Crippen LogP) is 2.99. The highest BCUT2D eigenvalue weighted by Gasteiger charge is 2.29. The molecule has 0 bridgehead atoms. The zero-order valence-electron chi connectivity index (χ0n) is 13.6. The van der Waals surface area contributed by atoms with E-state index in [1.54, 1.807) is 0 Å². The summed E-state index contributed by atoms with van der Waals surface area (Å²) >= 11 is 0. The molecule has 1 aromatic heterocycles. The zero-order chi connectivity index (χ0) is 14.9. The third-order valence-electron chi connectivity index (χ3n) is 4.18. The first-order valence-electron chi connectivity index (χ1n) is 8.32. The molecule has 1 N–H and O–H groups in total. The molecule has 4 heteroatoms. The summed E-state index contributed by atoms with van der Waals surface area (Å²) in [5.41, 5.74) is 1.14. The van der Waals surface area contributed by atoms with E-state index in [4.69, 9.17) is 0 Å². The van der Waals surface area contributed by atoms with Gasteiger partial charge in [0.25, 0.3) is 0 Å². The summed E-state index contributed by atoms with van der Waals surface area (Å²) in [7, 11) is 0. The predicted molar refractivity (Wildman–Crippen MR) is 86.3 cm³/mol. The van der Waals surface area contributed by atoms with Crippen molar-refractivity contribution in [3.8, 4) is 0 Å². The van der Waals surface area contributed by atoms with Crippen LogP contribution in [0.1, 0.15) is 52.1 Å². The Kier molecular flexibility index (Phi) is 4.16. The molecule has 0 atom stereocenters. The third-order valence-corrected chi connectivity index (χ3v) is 4.18. The quantitative estimate of drug-likeness (QED) is 0.837. The van der Waals surface area contributed by atoms with Gasteiger partial charge in [-0.3, -0.25) is 0 Å². The van der Waals surface area contributed by atoms with Gasteiger partial charge in [0.1, 0.15) is 0 Å². The van der Waals surface area contributed by atoms with Crippen LogP contribution in [-0.2, 0) is 6.54 Å². The van der Waals surface area contributed by atoms with Gasteiger partial charge in [-0.05, 0) is 70.4 Å². The zero-order valence-corrected chi connectivity index (χ0v) is 13.6. The highest BCUT2D eigenvalue weighted by molar-refractivity contribution is 5.38. The second-order valence-electron chi connectivity index (χ2n) is 7.78. The monoisotopic (exact) mass is 288 g/mol. The molecule has 0 spiro atoms. The minimum absolute atomic E-state index is 0.115. The molecule has 2 aliphatic rings. The first kappa shape index (κ1) is 14.8. The lowest BCUT2D eigenvalue weighted by Gasteiger charge is -2.23. The van der Waals surface area contributed by atoms with Crippen molar-refractivity contribution in [1.29, 1.82) is 0 Å².